The molecule has 0 bridgehead atoms. The number of rotatable bonds is 7. The number of likely N-dealkylation sites (tertiary alicyclic amines) is 1. The quantitative estimate of drug-likeness (QED) is 0.792. The fourth-order valence-corrected chi connectivity index (χ4v) is 5.33. The molecule has 1 aromatic carbocycles. The van der Waals surface area contributed by atoms with Gasteiger partial charge >= 0.3 is 0 Å². The molecule has 4 nitrogen and oxygen atoms in total. The standard InChI is InChI=1S/C21H30N2O2S/c1-24-10-9-23-8-2-3-17(23)13-16-15-22-21-5-4-19(14-20(16)21)25-18-6-11-26-12-7-18/h4-5,14-15,17-18,22H,2-3,6-13H2,1H3. The Kier molecular flexibility index (Phi) is 6.08. The highest BCUT2D eigenvalue weighted by molar-refractivity contribution is 7.99. The summed E-state index contributed by atoms with van der Waals surface area (Å²) in [6.45, 7) is 3.06. The van der Waals surface area contributed by atoms with E-state index in [9.17, 15) is 0 Å². The maximum atomic E-state index is 6.28. The van der Waals surface area contributed by atoms with E-state index in [1.54, 1.807) is 7.11 Å². The Morgan fingerprint density at radius 3 is 2.96 bits per heavy atom. The van der Waals surface area contributed by atoms with Gasteiger partial charge in [0.1, 0.15) is 11.9 Å². The van der Waals surface area contributed by atoms with Crippen LogP contribution in [0.4, 0.5) is 0 Å². The van der Waals surface area contributed by atoms with E-state index in [0.717, 1.165) is 25.3 Å². The van der Waals surface area contributed by atoms with E-state index < -0.39 is 0 Å². The predicted molar refractivity (Wildman–Crippen MR) is 109 cm³/mol. The van der Waals surface area contributed by atoms with Crippen LogP contribution in [0.2, 0.25) is 0 Å². The topological polar surface area (TPSA) is 37.5 Å². The van der Waals surface area contributed by atoms with Crippen molar-refractivity contribution in [2.45, 2.75) is 44.2 Å². The Bertz CT molecular complexity index is 711. The summed E-state index contributed by atoms with van der Waals surface area (Å²) in [5, 5.41) is 1.33. The molecule has 2 fully saturated rings. The van der Waals surface area contributed by atoms with Crippen LogP contribution in [0.25, 0.3) is 10.9 Å². The number of aromatic amines is 1. The van der Waals surface area contributed by atoms with Gasteiger partial charge < -0.3 is 14.5 Å². The lowest BCUT2D eigenvalue weighted by molar-refractivity contribution is 0.141. The molecule has 2 aromatic rings. The summed E-state index contributed by atoms with van der Waals surface area (Å²) in [6.07, 6.45) is 8.59. The van der Waals surface area contributed by atoms with Crippen molar-refractivity contribution in [1.29, 1.82) is 0 Å². The number of nitrogens with zero attached hydrogens (tertiary/aromatic N) is 1. The second kappa shape index (κ2) is 8.68. The molecule has 142 valence electrons. The number of nitrogens with one attached hydrogen (secondary N) is 1. The normalized spacial score (nSPS) is 22.3. The first-order valence-corrected chi connectivity index (χ1v) is 11.1. The fraction of sp³-hybridized carbons (Fsp3) is 0.619. The number of ether oxygens (including phenoxy) is 2. The summed E-state index contributed by atoms with van der Waals surface area (Å²) < 4.78 is 11.6. The van der Waals surface area contributed by atoms with Gasteiger partial charge in [-0.25, -0.2) is 0 Å². The van der Waals surface area contributed by atoms with E-state index in [1.165, 1.54) is 60.2 Å². The average Bonchev–Trinajstić information content (AvgIpc) is 3.28. The number of thioether (sulfide) groups is 1. The SMILES string of the molecule is COCCN1CCCC1Cc1c[nH]c2ccc(OC3CCSCC3)cc12. The van der Waals surface area contributed by atoms with Gasteiger partial charge in [0.05, 0.1) is 6.61 Å². The molecule has 1 aromatic heterocycles. The second-order valence-electron chi connectivity index (χ2n) is 7.48. The largest absolute Gasteiger partial charge is 0.490 e. The second-order valence-corrected chi connectivity index (χ2v) is 8.70. The molecule has 26 heavy (non-hydrogen) atoms. The third kappa shape index (κ3) is 4.21. The third-order valence-corrected chi connectivity index (χ3v) is 6.80. The first-order chi connectivity index (χ1) is 12.8. The van der Waals surface area contributed by atoms with E-state index in [2.05, 4.69) is 34.3 Å². The first-order valence-electron chi connectivity index (χ1n) is 9.91. The van der Waals surface area contributed by atoms with Crippen molar-refractivity contribution < 1.29 is 9.47 Å². The Labute approximate surface area is 160 Å². The van der Waals surface area contributed by atoms with E-state index >= 15 is 0 Å². The van der Waals surface area contributed by atoms with E-state index in [0.29, 0.717) is 12.1 Å². The van der Waals surface area contributed by atoms with Crippen molar-refractivity contribution in [2.75, 3.05) is 38.3 Å². The first kappa shape index (κ1) is 18.2. The van der Waals surface area contributed by atoms with Gasteiger partial charge in [-0.05, 0) is 73.9 Å². The molecule has 3 heterocycles. The molecule has 0 radical (unpaired) electrons. The Hall–Kier alpha value is -1.17. The van der Waals surface area contributed by atoms with Crippen molar-refractivity contribution in [3.8, 4) is 5.75 Å². The number of methoxy groups -OCH3 is 1. The predicted octanol–water partition coefficient (Wildman–Crippen LogP) is 4.10. The third-order valence-electron chi connectivity index (χ3n) is 5.75. The van der Waals surface area contributed by atoms with Crippen molar-refractivity contribution in [1.82, 2.24) is 9.88 Å². The van der Waals surface area contributed by atoms with E-state index in [1.807, 2.05) is 11.8 Å². The zero-order valence-electron chi connectivity index (χ0n) is 15.7. The molecule has 0 amide bonds. The monoisotopic (exact) mass is 374 g/mol. The molecule has 1 atom stereocenters. The zero-order valence-corrected chi connectivity index (χ0v) is 16.5. The average molecular weight is 375 g/mol. The molecule has 2 saturated heterocycles. The van der Waals surface area contributed by atoms with Crippen LogP contribution in [0.1, 0.15) is 31.2 Å². The minimum Gasteiger partial charge on any atom is -0.490 e. The molecular weight excluding hydrogens is 344 g/mol. The molecule has 0 spiro atoms. The van der Waals surface area contributed by atoms with Crippen LogP contribution in [0.5, 0.6) is 5.75 Å². The summed E-state index contributed by atoms with van der Waals surface area (Å²) in [7, 11) is 1.79. The minimum atomic E-state index is 0.385. The summed E-state index contributed by atoms with van der Waals surface area (Å²) in [5.74, 6) is 3.47. The highest BCUT2D eigenvalue weighted by Gasteiger charge is 2.25. The summed E-state index contributed by atoms with van der Waals surface area (Å²) in [5.41, 5.74) is 2.63. The van der Waals surface area contributed by atoms with Crippen LogP contribution in [0.3, 0.4) is 0 Å². The maximum Gasteiger partial charge on any atom is 0.120 e. The number of aromatic nitrogens is 1. The van der Waals surface area contributed by atoms with Gasteiger partial charge in [-0.2, -0.15) is 11.8 Å². The van der Waals surface area contributed by atoms with Gasteiger partial charge in [0.25, 0.3) is 0 Å². The lowest BCUT2D eigenvalue weighted by atomic mass is 10.0. The van der Waals surface area contributed by atoms with Gasteiger partial charge in [0.15, 0.2) is 0 Å². The molecule has 0 aliphatic carbocycles. The fourth-order valence-electron chi connectivity index (χ4n) is 4.27. The van der Waals surface area contributed by atoms with Crippen LogP contribution in [0.15, 0.2) is 24.4 Å². The number of hydrogen-bond donors (Lipinski definition) is 1. The van der Waals surface area contributed by atoms with Gasteiger partial charge in [0, 0.05) is 36.8 Å². The Morgan fingerprint density at radius 2 is 2.12 bits per heavy atom. The highest BCUT2D eigenvalue weighted by atomic mass is 32.2. The Balaban J connectivity index is 1.47. The van der Waals surface area contributed by atoms with E-state index in [-0.39, 0.29) is 0 Å². The molecule has 0 saturated carbocycles. The van der Waals surface area contributed by atoms with Gasteiger partial charge in [-0.15, -0.1) is 0 Å². The molecule has 1 unspecified atom stereocenters. The number of benzene rings is 1. The van der Waals surface area contributed by atoms with Gasteiger partial charge in [-0.1, -0.05) is 0 Å². The molecule has 1 N–H and O–H groups in total. The molecular formula is C21H30N2O2S. The van der Waals surface area contributed by atoms with Crippen LogP contribution in [0, 0.1) is 0 Å². The van der Waals surface area contributed by atoms with Gasteiger partial charge in [0.2, 0.25) is 0 Å². The molecule has 2 aliphatic heterocycles. The smallest absolute Gasteiger partial charge is 0.120 e. The Morgan fingerprint density at radius 1 is 1.23 bits per heavy atom. The lowest BCUT2D eigenvalue weighted by Crippen LogP contribution is -2.33. The van der Waals surface area contributed by atoms with Crippen molar-refractivity contribution in [3.63, 3.8) is 0 Å². The van der Waals surface area contributed by atoms with Crippen molar-refractivity contribution in [2.24, 2.45) is 0 Å². The lowest BCUT2D eigenvalue weighted by Gasteiger charge is -2.24. The molecule has 4 rings (SSSR count). The molecule has 2 aliphatic rings. The van der Waals surface area contributed by atoms with Crippen molar-refractivity contribution >= 4 is 22.7 Å². The van der Waals surface area contributed by atoms with Crippen molar-refractivity contribution in [3.05, 3.63) is 30.0 Å². The summed E-state index contributed by atoms with van der Waals surface area (Å²) >= 11 is 2.04. The summed E-state index contributed by atoms with van der Waals surface area (Å²) in [6, 6.07) is 7.16. The highest BCUT2D eigenvalue weighted by Crippen LogP contribution is 2.30. The van der Waals surface area contributed by atoms with Crippen LogP contribution >= 0.6 is 11.8 Å². The summed E-state index contributed by atoms with van der Waals surface area (Å²) in [4.78, 5) is 6.03. The van der Waals surface area contributed by atoms with Crippen LogP contribution in [-0.2, 0) is 11.2 Å². The zero-order chi connectivity index (χ0) is 17.8. The molecule has 5 heteroatoms. The number of H-pyrrole nitrogens is 1. The maximum absolute atomic E-state index is 6.28. The van der Waals surface area contributed by atoms with Crippen LogP contribution < -0.4 is 4.74 Å². The van der Waals surface area contributed by atoms with Crippen LogP contribution in [-0.4, -0.2) is 60.3 Å². The number of hydrogen-bond acceptors (Lipinski definition) is 4. The van der Waals surface area contributed by atoms with Gasteiger partial charge in [-0.3, -0.25) is 4.90 Å². The number of fused-ring (bicyclic) bond motifs is 1. The van der Waals surface area contributed by atoms with E-state index in [4.69, 9.17) is 9.47 Å². The minimum absolute atomic E-state index is 0.385.